The number of rotatable bonds is 2. The molecule has 1 aliphatic heterocycles. The number of hydrogen-bond donors (Lipinski definition) is 1. The molecule has 1 saturated carbocycles. The molecule has 0 aromatic heterocycles. The molecule has 2 aliphatic rings. The molecule has 2 fully saturated rings. The Kier molecular flexibility index (Phi) is 5.81. The van der Waals surface area contributed by atoms with Gasteiger partial charge >= 0.3 is 0 Å². The van der Waals surface area contributed by atoms with E-state index in [1.807, 2.05) is 0 Å². The number of fused-ring (bicyclic) bond motifs is 2. The van der Waals surface area contributed by atoms with Crippen LogP contribution in [0, 0.1) is 11.8 Å². The van der Waals surface area contributed by atoms with Crippen molar-refractivity contribution in [3.8, 4) is 0 Å². The third-order valence-electron chi connectivity index (χ3n) is 3.53. The van der Waals surface area contributed by atoms with Crippen molar-refractivity contribution in [2.45, 2.75) is 51.6 Å². The van der Waals surface area contributed by atoms with Gasteiger partial charge in [-0.3, -0.25) is 0 Å². The topological polar surface area (TPSA) is 12.0 Å². The van der Waals surface area contributed by atoms with Gasteiger partial charge in [-0.25, -0.2) is 0 Å². The van der Waals surface area contributed by atoms with Crippen molar-refractivity contribution >= 4 is 29.7 Å². The fourth-order valence-electron chi connectivity index (χ4n) is 2.90. The lowest BCUT2D eigenvalue weighted by Gasteiger charge is -2.24. The lowest BCUT2D eigenvalue weighted by atomic mass is 9.95. The van der Waals surface area contributed by atoms with Crippen molar-refractivity contribution in [3.05, 3.63) is 0 Å². The highest BCUT2D eigenvalue weighted by Crippen LogP contribution is 2.49. The zero-order valence-corrected chi connectivity index (χ0v) is 13.0. The average molecular weight is 277 g/mol. The van der Waals surface area contributed by atoms with Crippen LogP contribution in [0.3, 0.4) is 0 Å². The lowest BCUT2D eigenvalue weighted by Crippen LogP contribution is -2.35. The molecule has 4 unspecified atom stereocenters. The molecule has 1 N–H and O–H groups in total. The molecule has 1 aliphatic carbocycles. The summed E-state index contributed by atoms with van der Waals surface area (Å²) >= 11 is 4.38. The molecule has 2 bridgehead atoms. The molecule has 2 rings (SSSR count). The van der Waals surface area contributed by atoms with Crippen molar-refractivity contribution in [2.24, 2.45) is 11.8 Å². The SMILES string of the molecule is CC(C)NC1CCC2CSPSCC(C2)C1. The molecule has 4 atom stereocenters. The van der Waals surface area contributed by atoms with Gasteiger partial charge in [0.15, 0.2) is 0 Å². The van der Waals surface area contributed by atoms with Crippen molar-refractivity contribution in [1.82, 2.24) is 5.32 Å². The Labute approximate surface area is 110 Å². The van der Waals surface area contributed by atoms with Gasteiger partial charge in [0.2, 0.25) is 0 Å². The van der Waals surface area contributed by atoms with Gasteiger partial charge in [0.05, 0.1) is 0 Å². The van der Waals surface area contributed by atoms with E-state index in [2.05, 4.69) is 41.9 Å². The van der Waals surface area contributed by atoms with Crippen LogP contribution in [0.5, 0.6) is 0 Å². The summed E-state index contributed by atoms with van der Waals surface area (Å²) in [7, 11) is 0. The fourth-order valence-corrected chi connectivity index (χ4v) is 8.21. The van der Waals surface area contributed by atoms with Crippen LogP contribution < -0.4 is 5.32 Å². The molecule has 0 radical (unpaired) electrons. The van der Waals surface area contributed by atoms with Gasteiger partial charge in [-0.15, -0.1) is 22.8 Å². The van der Waals surface area contributed by atoms with Crippen molar-refractivity contribution in [3.63, 3.8) is 0 Å². The predicted octanol–water partition coefficient (Wildman–Crippen LogP) is 4.15. The third kappa shape index (κ3) is 4.40. The zero-order valence-electron chi connectivity index (χ0n) is 10.4. The molecule has 1 nitrogen and oxygen atoms in total. The second kappa shape index (κ2) is 6.87. The highest BCUT2D eigenvalue weighted by molar-refractivity contribution is 8.82. The van der Waals surface area contributed by atoms with Crippen LogP contribution in [-0.4, -0.2) is 23.6 Å². The molecule has 0 aromatic rings. The summed E-state index contributed by atoms with van der Waals surface area (Å²) in [6.07, 6.45) is 5.80. The second-order valence-electron chi connectivity index (χ2n) is 5.50. The van der Waals surface area contributed by atoms with Crippen LogP contribution in [0.1, 0.15) is 39.5 Å². The van der Waals surface area contributed by atoms with Gasteiger partial charge in [-0.2, -0.15) is 0 Å². The number of nitrogens with one attached hydrogen (secondary N) is 1. The smallest absolute Gasteiger partial charge is 0.00724 e. The summed E-state index contributed by atoms with van der Waals surface area (Å²) in [5.74, 6) is 4.85. The lowest BCUT2D eigenvalue weighted by molar-refractivity contribution is 0.382. The maximum Gasteiger partial charge on any atom is 0.00724 e. The van der Waals surface area contributed by atoms with Crippen LogP contribution in [0.25, 0.3) is 0 Å². The summed E-state index contributed by atoms with van der Waals surface area (Å²) in [4.78, 5) is 0. The van der Waals surface area contributed by atoms with Crippen LogP contribution in [0.4, 0.5) is 0 Å². The van der Waals surface area contributed by atoms with E-state index in [0.29, 0.717) is 6.04 Å². The molecule has 16 heavy (non-hydrogen) atoms. The molecule has 1 heterocycles. The Morgan fingerprint density at radius 3 is 2.56 bits per heavy atom. The second-order valence-corrected chi connectivity index (χ2v) is 10.6. The fraction of sp³-hybridized carbons (Fsp3) is 1.00. The number of hydrogen-bond acceptors (Lipinski definition) is 3. The van der Waals surface area contributed by atoms with Gasteiger partial charge in [0.25, 0.3) is 0 Å². The van der Waals surface area contributed by atoms with Crippen LogP contribution >= 0.6 is 29.7 Å². The molecule has 94 valence electrons. The van der Waals surface area contributed by atoms with E-state index in [-0.39, 0.29) is 0 Å². The van der Waals surface area contributed by atoms with E-state index in [9.17, 15) is 0 Å². The highest BCUT2D eigenvalue weighted by Gasteiger charge is 2.27. The van der Waals surface area contributed by atoms with Gasteiger partial charge in [-0.05, 0) is 44.5 Å². The predicted molar refractivity (Wildman–Crippen MR) is 80.7 cm³/mol. The summed E-state index contributed by atoms with van der Waals surface area (Å²) in [5.41, 5.74) is 0. The minimum atomic E-state index is 0.649. The minimum Gasteiger partial charge on any atom is -0.312 e. The first-order valence-electron chi connectivity index (χ1n) is 6.48. The average Bonchev–Trinajstić information content (AvgIpc) is 2.37. The molecule has 0 amide bonds. The van der Waals surface area contributed by atoms with Crippen molar-refractivity contribution in [1.29, 1.82) is 0 Å². The van der Waals surface area contributed by atoms with Crippen molar-refractivity contribution < 1.29 is 0 Å². The third-order valence-corrected chi connectivity index (χ3v) is 8.87. The normalized spacial score (nSPS) is 38.1. The maximum absolute atomic E-state index is 3.76. The Morgan fingerprint density at radius 1 is 1.06 bits per heavy atom. The quantitative estimate of drug-likeness (QED) is 0.762. The summed E-state index contributed by atoms with van der Waals surface area (Å²) in [6.45, 7) is 5.66. The Morgan fingerprint density at radius 2 is 1.81 bits per heavy atom. The van der Waals surface area contributed by atoms with E-state index in [1.165, 1.54) is 37.2 Å². The minimum absolute atomic E-state index is 0.649. The van der Waals surface area contributed by atoms with E-state index in [1.54, 1.807) is 0 Å². The summed E-state index contributed by atoms with van der Waals surface area (Å²) in [5, 5.41) is 3.76. The maximum atomic E-state index is 3.76. The van der Waals surface area contributed by atoms with Crippen LogP contribution in [0.15, 0.2) is 0 Å². The van der Waals surface area contributed by atoms with E-state index in [4.69, 9.17) is 0 Å². The molecule has 0 aromatic carbocycles. The Hall–Kier alpha value is 1.09. The van der Waals surface area contributed by atoms with Gasteiger partial charge < -0.3 is 5.32 Å². The first kappa shape index (κ1) is 13.5. The van der Waals surface area contributed by atoms with Crippen molar-refractivity contribution in [2.75, 3.05) is 11.5 Å². The van der Waals surface area contributed by atoms with Crippen LogP contribution in [-0.2, 0) is 0 Å². The summed E-state index contributed by atoms with van der Waals surface area (Å²) < 4.78 is 0. The Bertz CT molecular complexity index is 213. The molecule has 4 heteroatoms. The first-order valence-corrected chi connectivity index (χ1v) is 10.9. The Balaban J connectivity index is 1.91. The largest absolute Gasteiger partial charge is 0.312 e. The van der Waals surface area contributed by atoms with Gasteiger partial charge in [0, 0.05) is 23.6 Å². The van der Waals surface area contributed by atoms with Gasteiger partial charge in [-0.1, -0.05) is 13.8 Å². The van der Waals surface area contributed by atoms with E-state index in [0.717, 1.165) is 24.9 Å². The zero-order chi connectivity index (χ0) is 11.4. The monoisotopic (exact) mass is 277 g/mol. The highest BCUT2D eigenvalue weighted by atomic mass is 33.1. The van der Waals surface area contributed by atoms with Gasteiger partial charge in [0.1, 0.15) is 0 Å². The summed E-state index contributed by atoms with van der Waals surface area (Å²) in [6, 6.07) is 1.44. The first-order chi connectivity index (χ1) is 7.74. The standard InChI is InChI=1S/C12H24NPS2/c1-9(2)13-12-4-3-10-5-11(6-12)8-16-14-15-7-10/h9-14H,3-8H2,1-2H3. The van der Waals surface area contributed by atoms with E-state index < -0.39 is 0 Å². The van der Waals surface area contributed by atoms with Crippen LogP contribution in [0.2, 0.25) is 0 Å². The molecule has 1 saturated heterocycles. The van der Waals surface area contributed by atoms with E-state index >= 15 is 0 Å². The molecule has 0 spiro atoms. The molecular weight excluding hydrogens is 253 g/mol. The molecular formula is C12H24NPS2.